The number of aliphatic hydroxyl groups excluding tert-OH is 1. The van der Waals surface area contributed by atoms with Crippen LogP contribution in [0.4, 0.5) is 10.5 Å². The summed E-state index contributed by atoms with van der Waals surface area (Å²) in [4.78, 5) is 11.8. The first kappa shape index (κ1) is 25.3. The molecule has 0 saturated carbocycles. The van der Waals surface area contributed by atoms with Crippen LogP contribution in [0.25, 0.3) is 0 Å². The normalized spacial score (nSPS) is 19.8. The number of aryl methyl sites for hydroxylation is 1. The number of rotatable bonds is 9. The van der Waals surface area contributed by atoms with Gasteiger partial charge in [-0.05, 0) is 30.2 Å². The van der Waals surface area contributed by atoms with E-state index >= 15 is 0 Å². The average Bonchev–Trinajstić information content (AvgIpc) is 3.31. The molecule has 0 aliphatic carbocycles. The van der Waals surface area contributed by atoms with E-state index in [1.54, 1.807) is 35.2 Å². The lowest BCUT2D eigenvalue weighted by Crippen LogP contribution is -2.31. The van der Waals surface area contributed by atoms with E-state index in [2.05, 4.69) is 22.1 Å². The lowest BCUT2D eigenvalue weighted by molar-refractivity contribution is -0.245. The van der Waals surface area contributed by atoms with Crippen LogP contribution in [0.15, 0.2) is 65.5 Å². The highest BCUT2D eigenvalue weighted by atomic mass is 32.2. The smallest absolute Gasteiger partial charge is 0.411 e. The van der Waals surface area contributed by atoms with Crippen molar-refractivity contribution in [3.63, 3.8) is 0 Å². The number of hydrogen-bond acceptors (Lipinski definition) is 9. The van der Waals surface area contributed by atoms with Crippen molar-refractivity contribution in [2.24, 2.45) is 0 Å². The molecule has 0 radical (unpaired) electrons. The fourth-order valence-corrected chi connectivity index (χ4v) is 5.40. The van der Waals surface area contributed by atoms with Crippen molar-refractivity contribution >= 4 is 34.9 Å². The molecule has 1 saturated heterocycles. The summed E-state index contributed by atoms with van der Waals surface area (Å²) >= 11 is 3.19. The largest absolute Gasteiger partial charge is 0.445 e. The fourth-order valence-electron chi connectivity index (χ4n) is 3.54. The molecule has 0 unspecified atom stereocenters. The van der Waals surface area contributed by atoms with Crippen molar-refractivity contribution in [2.45, 2.75) is 42.8 Å². The molecule has 4 rings (SSSR count). The summed E-state index contributed by atoms with van der Waals surface area (Å²) in [6, 6.07) is 15.1. The van der Waals surface area contributed by atoms with Crippen LogP contribution in [0.5, 0.6) is 0 Å². The van der Waals surface area contributed by atoms with E-state index in [1.807, 2.05) is 43.3 Å². The van der Waals surface area contributed by atoms with E-state index in [0.29, 0.717) is 17.9 Å². The molecule has 3 atom stereocenters. The van der Waals surface area contributed by atoms with Gasteiger partial charge in [0.2, 0.25) is 0 Å². The summed E-state index contributed by atoms with van der Waals surface area (Å²) < 4.78 is 18.5. The number of thioether (sulfide) groups is 1. The zero-order valence-electron chi connectivity index (χ0n) is 19.3. The van der Waals surface area contributed by atoms with Crippen molar-refractivity contribution in [3.8, 4) is 0 Å². The Morgan fingerprint density at radius 2 is 1.94 bits per heavy atom. The van der Waals surface area contributed by atoms with E-state index in [0.717, 1.165) is 26.0 Å². The molecule has 0 spiro atoms. The quantitative estimate of drug-likeness (QED) is 0.289. The molecule has 184 valence electrons. The Hall–Kier alpha value is -2.76. The van der Waals surface area contributed by atoms with Gasteiger partial charge >= 0.3 is 6.09 Å². The minimum atomic E-state index is -0.574. The third-order valence-corrected chi connectivity index (χ3v) is 7.38. The summed E-state index contributed by atoms with van der Waals surface area (Å²) in [7, 11) is 0. The van der Waals surface area contributed by atoms with E-state index < -0.39 is 12.4 Å². The van der Waals surface area contributed by atoms with Gasteiger partial charge in [-0.25, -0.2) is 4.79 Å². The molecule has 2 heterocycles. The lowest BCUT2D eigenvalue weighted by Gasteiger charge is -2.36. The molecular weight excluding hydrogens is 486 g/mol. The van der Waals surface area contributed by atoms with Crippen molar-refractivity contribution in [1.82, 2.24) is 10.2 Å². The first-order chi connectivity index (χ1) is 17.0. The number of anilines is 1. The summed E-state index contributed by atoms with van der Waals surface area (Å²) in [5, 5.41) is 21.3. The van der Waals surface area contributed by atoms with Crippen molar-refractivity contribution < 1.29 is 24.1 Å². The summed E-state index contributed by atoms with van der Waals surface area (Å²) in [6.45, 7) is 5.61. The zero-order chi connectivity index (χ0) is 24.6. The second kappa shape index (κ2) is 12.3. The van der Waals surface area contributed by atoms with E-state index in [-0.39, 0.29) is 25.4 Å². The third-order valence-electron chi connectivity index (χ3n) is 5.28. The van der Waals surface area contributed by atoms with Crippen molar-refractivity contribution in [3.05, 3.63) is 82.9 Å². The van der Waals surface area contributed by atoms with Crippen LogP contribution in [0.3, 0.4) is 0 Å². The zero-order valence-corrected chi connectivity index (χ0v) is 20.9. The number of amides is 1. The highest BCUT2D eigenvalue weighted by molar-refractivity contribution is 8.01. The minimum absolute atomic E-state index is 0.000409. The van der Waals surface area contributed by atoms with Gasteiger partial charge in [-0.15, -0.1) is 10.2 Å². The lowest BCUT2D eigenvalue weighted by atomic mass is 10.0. The molecule has 8 nitrogen and oxygen atoms in total. The Morgan fingerprint density at radius 3 is 2.60 bits per heavy atom. The topological polar surface area (TPSA) is 103 Å². The Balaban J connectivity index is 1.47. The van der Waals surface area contributed by atoms with Gasteiger partial charge in [-0.3, -0.25) is 5.32 Å². The maximum atomic E-state index is 11.8. The molecule has 1 fully saturated rings. The van der Waals surface area contributed by atoms with Gasteiger partial charge in [0.15, 0.2) is 10.6 Å². The van der Waals surface area contributed by atoms with Gasteiger partial charge in [-0.2, -0.15) is 0 Å². The second-order valence-corrected chi connectivity index (χ2v) is 10.3. The first-order valence-electron chi connectivity index (χ1n) is 11.1. The molecule has 1 aliphatic rings. The summed E-state index contributed by atoms with van der Waals surface area (Å²) in [5.41, 5.74) is 3.33. The molecule has 2 aromatic carbocycles. The number of nitrogens with zero attached hydrogens (tertiary/aromatic N) is 2. The molecule has 1 amide bonds. The number of carbonyl (C=O) groups is 1. The van der Waals surface area contributed by atoms with Gasteiger partial charge in [0.25, 0.3) is 0 Å². The van der Waals surface area contributed by atoms with Crippen LogP contribution in [0.2, 0.25) is 0 Å². The fraction of sp³-hybridized carbons (Fsp3) is 0.320. The first-order valence-corrected chi connectivity index (χ1v) is 12.9. The van der Waals surface area contributed by atoms with Gasteiger partial charge in [0.05, 0.1) is 18.8 Å². The van der Waals surface area contributed by atoms with Gasteiger partial charge in [-0.1, -0.05) is 72.2 Å². The number of aromatic nitrogens is 2. The second-order valence-electron chi connectivity index (χ2n) is 7.88. The molecule has 3 aromatic rings. The molecule has 35 heavy (non-hydrogen) atoms. The molecular formula is C25H27N3O5S2. The Bertz CT molecular complexity index is 1120. The van der Waals surface area contributed by atoms with Crippen molar-refractivity contribution in [2.75, 3.05) is 17.7 Å². The number of aliphatic hydroxyl groups is 1. The molecule has 10 heteroatoms. The SMILES string of the molecule is C=CCOC(=O)Nc1ccc([C@@H]2O[C@H](CSc3nnc(C)s3)C[C@H](c3ccc(CO)cc3)O2)cc1. The standard InChI is InChI=1S/C25H27N3O5S2/c1-3-12-31-24(30)26-20-10-8-19(9-11-20)23-32-21(15-34-25-28-27-16(2)35-25)13-22(33-23)18-6-4-17(14-29)5-7-18/h3-11,21-23,29H,1,12-15H2,2H3,(H,26,30)/t21-,22+,23+/m0/s1. The van der Waals surface area contributed by atoms with E-state index in [9.17, 15) is 9.90 Å². The highest BCUT2D eigenvalue weighted by Crippen LogP contribution is 2.39. The Morgan fingerprint density at radius 1 is 1.20 bits per heavy atom. The number of nitrogens with one attached hydrogen (secondary N) is 1. The van der Waals surface area contributed by atoms with Crippen LogP contribution in [0, 0.1) is 6.92 Å². The van der Waals surface area contributed by atoms with Crippen LogP contribution in [-0.2, 0) is 20.8 Å². The molecule has 2 N–H and O–H groups in total. The highest BCUT2D eigenvalue weighted by Gasteiger charge is 2.32. The number of hydrogen-bond donors (Lipinski definition) is 2. The average molecular weight is 514 g/mol. The number of carbonyl (C=O) groups excluding carboxylic acids is 1. The predicted molar refractivity (Wildman–Crippen MR) is 135 cm³/mol. The summed E-state index contributed by atoms with van der Waals surface area (Å²) in [5.74, 6) is 0.717. The van der Waals surface area contributed by atoms with Crippen LogP contribution >= 0.6 is 23.1 Å². The maximum Gasteiger partial charge on any atom is 0.411 e. The van der Waals surface area contributed by atoms with Crippen LogP contribution in [0.1, 0.15) is 40.5 Å². The third kappa shape index (κ3) is 7.12. The Labute approximate surface area is 212 Å². The van der Waals surface area contributed by atoms with Crippen LogP contribution in [-0.4, -0.2) is 39.9 Å². The van der Waals surface area contributed by atoms with Crippen molar-refractivity contribution in [1.29, 1.82) is 0 Å². The molecule has 1 aliphatic heterocycles. The van der Waals surface area contributed by atoms with E-state index in [4.69, 9.17) is 14.2 Å². The van der Waals surface area contributed by atoms with E-state index in [1.165, 1.54) is 6.08 Å². The Kier molecular flexibility index (Phi) is 8.89. The molecule has 0 bridgehead atoms. The monoisotopic (exact) mass is 513 g/mol. The predicted octanol–water partition coefficient (Wildman–Crippen LogP) is 5.41. The number of benzene rings is 2. The van der Waals surface area contributed by atoms with Gasteiger partial charge in [0.1, 0.15) is 11.6 Å². The van der Waals surface area contributed by atoms with Gasteiger partial charge < -0.3 is 19.3 Å². The number of ether oxygens (including phenoxy) is 3. The molecule has 1 aromatic heterocycles. The maximum absolute atomic E-state index is 11.8. The minimum Gasteiger partial charge on any atom is -0.445 e. The van der Waals surface area contributed by atoms with Crippen LogP contribution < -0.4 is 5.32 Å². The van der Waals surface area contributed by atoms with Gasteiger partial charge in [0, 0.05) is 23.4 Å². The summed E-state index contributed by atoms with van der Waals surface area (Å²) in [6.07, 6.45) is 0.837.